The average Bonchev–Trinajstić information content (AvgIpc) is 3.24. The summed E-state index contributed by atoms with van der Waals surface area (Å²) in [6, 6.07) is 11.7. The van der Waals surface area contributed by atoms with Crippen LogP contribution in [-0.4, -0.2) is 25.5 Å². The molecule has 0 aliphatic carbocycles. The normalized spacial score (nSPS) is 11.5. The van der Waals surface area contributed by atoms with Crippen LogP contribution in [0.25, 0.3) is 22.0 Å². The lowest BCUT2D eigenvalue weighted by molar-refractivity contribution is 0.413. The number of sulfonamides is 1. The van der Waals surface area contributed by atoms with Crippen LogP contribution in [0.5, 0.6) is 5.75 Å². The molecule has 0 saturated carbocycles. The molecule has 0 radical (unpaired) electrons. The van der Waals surface area contributed by atoms with Crippen LogP contribution in [-0.2, 0) is 16.7 Å². The smallest absolute Gasteiger partial charge is 0.263 e. The highest BCUT2D eigenvalue weighted by Crippen LogP contribution is 2.36. The second kappa shape index (κ2) is 7.76. The van der Waals surface area contributed by atoms with Gasteiger partial charge in [-0.15, -0.1) is 11.3 Å². The van der Waals surface area contributed by atoms with E-state index in [4.69, 9.17) is 4.74 Å². The van der Waals surface area contributed by atoms with E-state index in [9.17, 15) is 12.8 Å². The third-order valence-electron chi connectivity index (χ3n) is 4.39. The maximum absolute atomic E-state index is 13.0. The van der Waals surface area contributed by atoms with Crippen LogP contribution >= 0.6 is 11.3 Å². The maximum Gasteiger partial charge on any atom is 0.263 e. The minimum atomic E-state index is -3.78. The highest BCUT2D eigenvalue weighted by Gasteiger charge is 2.18. The second-order valence-electron chi connectivity index (χ2n) is 6.15. The second-order valence-corrected chi connectivity index (χ2v) is 8.73. The van der Waals surface area contributed by atoms with Crippen molar-refractivity contribution in [3.05, 3.63) is 65.8 Å². The van der Waals surface area contributed by atoms with E-state index in [1.807, 2.05) is 6.07 Å². The first-order valence-corrected chi connectivity index (χ1v) is 10.9. The van der Waals surface area contributed by atoms with E-state index in [1.54, 1.807) is 35.8 Å². The quantitative estimate of drug-likeness (QED) is 0.483. The molecule has 4 rings (SSSR count). The number of thiazole rings is 1. The molecule has 4 aromatic rings. The molecule has 148 valence electrons. The number of rotatable bonds is 6. The maximum atomic E-state index is 13.0. The van der Waals surface area contributed by atoms with Crippen LogP contribution in [0.1, 0.15) is 5.56 Å². The molecule has 2 heterocycles. The van der Waals surface area contributed by atoms with E-state index >= 15 is 0 Å². The van der Waals surface area contributed by atoms with Crippen molar-refractivity contribution < 1.29 is 17.5 Å². The number of benzene rings is 2. The number of halogens is 1. The third-order valence-corrected chi connectivity index (χ3v) is 6.54. The summed E-state index contributed by atoms with van der Waals surface area (Å²) in [6.07, 6.45) is 3.13. The standard InChI is InChI=1S/C20H16FN3O3S2/c1-27-19-10-13(12-21)2-4-17(19)15-6-7-22-18-11-14(3-5-16(15)18)29(25,26)24-20-23-8-9-28-20/h2-11H,12H2,1H3,(H,23,24). The van der Waals surface area contributed by atoms with Crippen LogP contribution in [0.2, 0.25) is 0 Å². The van der Waals surface area contributed by atoms with Crippen molar-refractivity contribution in [1.29, 1.82) is 0 Å². The van der Waals surface area contributed by atoms with Crippen molar-refractivity contribution in [1.82, 2.24) is 9.97 Å². The predicted octanol–water partition coefficient (Wildman–Crippen LogP) is 4.64. The number of hydrogen-bond donors (Lipinski definition) is 1. The Morgan fingerprint density at radius 1 is 1.07 bits per heavy atom. The van der Waals surface area contributed by atoms with Crippen molar-refractivity contribution in [2.75, 3.05) is 11.8 Å². The zero-order valence-corrected chi connectivity index (χ0v) is 16.9. The van der Waals surface area contributed by atoms with Gasteiger partial charge >= 0.3 is 0 Å². The number of nitrogens with one attached hydrogen (secondary N) is 1. The van der Waals surface area contributed by atoms with E-state index in [0.717, 1.165) is 16.5 Å². The highest BCUT2D eigenvalue weighted by molar-refractivity contribution is 7.93. The lowest BCUT2D eigenvalue weighted by Gasteiger charge is -2.13. The van der Waals surface area contributed by atoms with E-state index in [2.05, 4.69) is 14.7 Å². The molecule has 29 heavy (non-hydrogen) atoms. The highest BCUT2D eigenvalue weighted by atomic mass is 32.2. The number of pyridine rings is 1. The average molecular weight is 429 g/mol. The molecule has 0 unspecified atom stereocenters. The molecule has 0 aliphatic rings. The Labute approximate surface area is 171 Å². The minimum Gasteiger partial charge on any atom is -0.496 e. The Balaban J connectivity index is 1.80. The largest absolute Gasteiger partial charge is 0.496 e. The molecular weight excluding hydrogens is 413 g/mol. The summed E-state index contributed by atoms with van der Waals surface area (Å²) in [5, 5.41) is 2.74. The third kappa shape index (κ3) is 3.79. The molecule has 1 N–H and O–H groups in total. The summed E-state index contributed by atoms with van der Waals surface area (Å²) >= 11 is 1.20. The number of methoxy groups -OCH3 is 1. The lowest BCUT2D eigenvalue weighted by Crippen LogP contribution is -2.12. The van der Waals surface area contributed by atoms with E-state index in [1.165, 1.54) is 36.8 Å². The topological polar surface area (TPSA) is 81.2 Å². The molecule has 0 bridgehead atoms. The minimum absolute atomic E-state index is 0.0876. The lowest BCUT2D eigenvalue weighted by atomic mass is 9.99. The van der Waals surface area contributed by atoms with Gasteiger partial charge in [0.2, 0.25) is 0 Å². The fourth-order valence-corrected chi connectivity index (χ4v) is 4.83. The van der Waals surface area contributed by atoms with E-state index in [-0.39, 0.29) is 4.90 Å². The number of nitrogens with zero attached hydrogens (tertiary/aromatic N) is 2. The Morgan fingerprint density at radius 2 is 1.93 bits per heavy atom. The molecule has 2 aromatic carbocycles. The molecule has 6 nitrogen and oxygen atoms in total. The Bertz CT molecular complexity index is 1280. The van der Waals surface area contributed by atoms with Gasteiger partial charge in [-0.2, -0.15) is 0 Å². The van der Waals surface area contributed by atoms with Gasteiger partial charge in [-0.25, -0.2) is 17.8 Å². The summed E-state index contributed by atoms with van der Waals surface area (Å²) in [4.78, 5) is 8.36. The molecule has 0 aliphatic heterocycles. The number of ether oxygens (including phenoxy) is 1. The van der Waals surface area contributed by atoms with Gasteiger partial charge in [0.1, 0.15) is 12.4 Å². The number of aromatic nitrogens is 2. The molecule has 0 atom stereocenters. The number of alkyl halides is 1. The number of anilines is 1. The molecule has 0 spiro atoms. The first kappa shape index (κ1) is 19.3. The zero-order valence-electron chi connectivity index (χ0n) is 15.3. The fraction of sp³-hybridized carbons (Fsp3) is 0.100. The van der Waals surface area contributed by atoms with Crippen LogP contribution < -0.4 is 9.46 Å². The molecule has 0 saturated heterocycles. The van der Waals surface area contributed by atoms with Crippen LogP contribution in [0, 0.1) is 0 Å². The predicted molar refractivity (Wildman–Crippen MR) is 111 cm³/mol. The summed E-state index contributed by atoms with van der Waals surface area (Å²) in [5.41, 5.74) is 2.62. The first-order valence-electron chi connectivity index (χ1n) is 8.56. The van der Waals surface area contributed by atoms with Gasteiger partial charge in [-0.05, 0) is 35.4 Å². The van der Waals surface area contributed by atoms with Gasteiger partial charge in [-0.1, -0.05) is 18.2 Å². The van der Waals surface area contributed by atoms with E-state index < -0.39 is 16.7 Å². The summed E-state index contributed by atoms with van der Waals surface area (Å²) in [7, 11) is -2.26. The number of hydrogen-bond acceptors (Lipinski definition) is 6. The molecule has 0 amide bonds. The Morgan fingerprint density at radius 3 is 2.66 bits per heavy atom. The van der Waals surface area contributed by atoms with Gasteiger partial charge in [0.25, 0.3) is 10.0 Å². The SMILES string of the molecule is COc1cc(CF)ccc1-c1ccnc2cc(S(=O)(=O)Nc3nccs3)ccc12. The Kier molecular flexibility index (Phi) is 5.16. The van der Waals surface area contributed by atoms with Crippen molar-refractivity contribution in [3.8, 4) is 16.9 Å². The summed E-state index contributed by atoms with van der Waals surface area (Å²) < 4.78 is 46.2. The van der Waals surface area contributed by atoms with Crippen molar-refractivity contribution in [2.24, 2.45) is 0 Å². The molecular formula is C20H16FN3O3S2. The molecule has 2 aromatic heterocycles. The van der Waals surface area contributed by atoms with Gasteiger partial charge in [-0.3, -0.25) is 9.71 Å². The first-order chi connectivity index (χ1) is 14.0. The van der Waals surface area contributed by atoms with Crippen molar-refractivity contribution >= 4 is 37.4 Å². The van der Waals surface area contributed by atoms with Crippen LogP contribution in [0.3, 0.4) is 0 Å². The summed E-state index contributed by atoms with van der Waals surface area (Å²) in [6.45, 7) is -0.582. The van der Waals surface area contributed by atoms with Crippen molar-refractivity contribution in [2.45, 2.75) is 11.6 Å². The van der Waals surface area contributed by atoms with Gasteiger partial charge < -0.3 is 4.74 Å². The fourth-order valence-electron chi connectivity index (χ4n) is 3.02. The Hall–Kier alpha value is -3.04. The number of fused-ring (bicyclic) bond motifs is 1. The van der Waals surface area contributed by atoms with E-state index in [0.29, 0.717) is 22.0 Å². The summed E-state index contributed by atoms with van der Waals surface area (Å²) in [5.74, 6) is 0.537. The van der Waals surface area contributed by atoms with Gasteiger partial charge in [0.05, 0.1) is 17.5 Å². The van der Waals surface area contributed by atoms with Gasteiger partial charge in [0, 0.05) is 28.7 Å². The zero-order chi connectivity index (χ0) is 20.4. The van der Waals surface area contributed by atoms with Crippen LogP contribution in [0.4, 0.5) is 9.52 Å². The molecule has 9 heteroatoms. The monoisotopic (exact) mass is 429 g/mol. The molecule has 0 fully saturated rings. The van der Waals surface area contributed by atoms with Gasteiger partial charge in [0.15, 0.2) is 5.13 Å². The van der Waals surface area contributed by atoms with Crippen LogP contribution in [0.15, 0.2) is 65.1 Å². The van der Waals surface area contributed by atoms with Crippen molar-refractivity contribution in [3.63, 3.8) is 0 Å².